The average Bonchev–Trinajstić information content (AvgIpc) is 2.96. The number of carbonyl (C=O) groups excluding carboxylic acids is 2. The molecule has 0 radical (unpaired) electrons. The van der Waals surface area contributed by atoms with Gasteiger partial charge in [0.05, 0.1) is 18.6 Å². The van der Waals surface area contributed by atoms with E-state index < -0.39 is 0 Å². The molecule has 0 atom stereocenters. The van der Waals surface area contributed by atoms with Gasteiger partial charge in [0.15, 0.2) is 11.5 Å². The molecule has 114 valence electrons. The van der Waals surface area contributed by atoms with Crippen molar-refractivity contribution in [2.24, 2.45) is 0 Å². The van der Waals surface area contributed by atoms with Crippen LogP contribution in [0.4, 0.5) is 0 Å². The second-order valence-corrected chi connectivity index (χ2v) is 4.81. The fourth-order valence-electron chi connectivity index (χ4n) is 2.00. The lowest BCUT2D eigenvalue weighted by Crippen LogP contribution is -2.33. The molecule has 0 saturated carbocycles. The predicted molar refractivity (Wildman–Crippen MR) is 75.8 cm³/mol. The van der Waals surface area contributed by atoms with E-state index in [1.165, 1.54) is 13.2 Å². The number of benzene rings is 1. The van der Waals surface area contributed by atoms with Crippen molar-refractivity contribution in [1.29, 1.82) is 0 Å². The highest BCUT2D eigenvalue weighted by Gasteiger charge is 2.23. The predicted octanol–water partition coefficient (Wildman–Crippen LogP) is 2.09. The summed E-state index contributed by atoms with van der Waals surface area (Å²) in [6.45, 7) is 2.69. The number of nitrogens with zero attached hydrogens (tertiary/aromatic N) is 1. The molecule has 1 heterocycles. The van der Waals surface area contributed by atoms with E-state index in [0.717, 1.165) is 0 Å². The van der Waals surface area contributed by atoms with Gasteiger partial charge in [-0.05, 0) is 19.1 Å². The minimum Gasteiger partial charge on any atom is -0.469 e. The number of esters is 1. The Kier molecular flexibility index (Phi) is 4.90. The first kappa shape index (κ1) is 15.4. The van der Waals surface area contributed by atoms with E-state index in [1.54, 1.807) is 11.0 Å². The minimum atomic E-state index is -0.357. The Bertz CT molecular complexity index is 561. The molecule has 0 fully saturated rings. The van der Waals surface area contributed by atoms with E-state index >= 15 is 0 Å². The second kappa shape index (κ2) is 6.67. The molecular formula is C14H16ClNO5. The summed E-state index contributed by atoms with van der Waals surface area (Å²) in [5, 5.41) is 0.331. The summed E-state index contributed by atoms with van der Waals surface area (Å²) in [6, 6.07) is 3.13. The van der Waals surface area contributed by atoms with Gasteiger partial charge in [0.1, 0.15) is 0 Å². The Morgan fingerprint density at radius 3 is 2.81 bits per heavy atom. The van der Waals surface area contributed by atoms with Crippen LogP contribution in [0.25, 0.3) is 0 Å². The van der Waals surface area contributed by atoms with E-state index in [-0.39, 0.29) is 31.6 Å². The van der Waals surface area contributed by atoms with E-state index in [9.17, 15) is 9.59 Å². The highest BCUT2D eigenvalue weighted by Crippen LogP contribution is 2.40. The highest BCUT2D eigenvalue weighted by atomic mass is 35.5. The minimum absolute atomic E-state index is 0.0898. The number of halogens is 1. The molecule has 21 heavy (non-hydrogen) atoms. The molecule has 0 saturated heterocycles. The zero-order chi connectivity index (χ0) is 15.4. The summed E-state index contributed by atoms with van der Waals surface area (Å²) in [6.07, 6.45) is 0.147. The molecule has 1 aliphatic heterocycles. The van der Waals surface area contributed by atoms with Gasteiger partial charge in [-0.2, -0.15) is 0 Å². The lowest BCUT2D eigenvalue weighted by Gasteiger charge is -2.20. The fourth-order valence-corrected chi connectivity index (χ4v) is 2.27. The van der Waals surface area contributed by atoms with E-state index in [2.05, 4.69) is 4.74 Å². The Labute approximate surface area is 127 Å². The highest BCUT2D eigenvalue weighted by molar-refractivity contribution is 6.32. The van der Waals surface area contributed by atoms with E-state index in [4.69, 9.17) is 21.1 Å². The summed E-state index contributed by atoms with van der Waals surface area (Å²) in [5.41, 5.74) is 0.399. The third-order valence-electron chi connectivity index (χ3n) is 3.16. The van der Waals surface area contributed by atoms with Gasteiger partial charge in [-0.15, -0.1) is 0 Å². The molecule has 2 rings (SSSR count). The topological polar surface area (TPSA) is 65.1 Å². The molecule has 0 spiro atoms. The first-order valence-corrected chi connectivity index (χ1v) is 6.89. The largest absolute Gasteiger partial charge is 0.469 e. The molecule has 7 heteroatoms. The van der Waals surface area contributed by atoms with Gasteiger partial charge in [0, 0.05) is 18.7 Å². The van der Waals surface area contributed by atoms with Crippen molar-refractivity contribution in [2.75, 3.05) is 27.0 Å². The molecule has 0 aliphatic carbocycles. The quantitative estimate of drug-likeness (QED) is 0.779. The maximum absolute atomic E-state index is 12.4. The first-order valence-electron chi connectivity index (χ1n) is 6.52. The zero-order valence-electron chi connectivity index (χ0n) is 11.8. The number of fused-ring (bicyclic) bond motifs is 1. The lowest BCUT2D eigenvalue weighted by atomic mass is 10.1. The second-order valence-electron chi connectivity index (χ2n) is 4.40. The van der Waals surface area contributed by atoms with Gasteiger partial charge in [-0.25, -0.2) is 0 Å². The molecule has 1 aliphatic rings. The van der Waals surface area contributed by atoms with Gasteiger partial charge in [-0.1, -0.05) is 11.6 Å². The summed E-state index contributed by atoms with van der Waals surface area (Å²) >= 11 is 6.07. The van der Waals surface area contributed by atoms with Crippen molar-refractivity contribution in [3.8, 4) is 11.5 Å². The van der Waals surface area contributed by atoms with Crippen LogP contribution in [0.3, 0.4) is 0 Å². The lowest BCUT2D eigenvalue weighted by molar-refractivity contribution is -0.140. The number of rotatable bonds is 5. The number of hydrogen-bond acceptors (Lipinski definition) is 5. The van der Waals surface area contributed by atoms with Gasteiger partial charge in [-0.3, -0.25) is 9.59 Å². The van der Waals surface area contributed by atoms with Crippen molar-refractivity contribution in [2.45, 2.75) is 13.3 Å². The smallest absolute Gasteiger partial charge is 0.307 e. The molecule has 0 aromatic heterocycles. The molecule has 0 unspecified atom stereocenters. The van der Waals surface area contributed by atoms with Gasteiger partial charge in [0.2, 0.25) is 6.79 Å². The maximum atomic E-state index is 12.4. The van der Waals surface area contributed by atoms with Gasteiger partial charge in [0.25, 0.3) is 5.91 Å². The van der Waals surface area contributed by atoms with Crippen LogP contribution in [0.2, 0.25) is 5.02 Å². The number of carbonyl (C=O) groups is 2. The summed E-state index contributed by atoms with van der Waals surface area (Å²) in [5.74, 6) is 0.326. The summed E-state index contributed by atoms with van der Waals surface area (Å²) in [4.78, 5) is 25.2. The fraction of sp³-hybridized carbons (Fsp3) is 0.429. The number of ether oxygens (including phenoxy) is 3. The third kappa shape index (κ3) is 3.39. The number of hydrogen-bond donors (Lipinski definition) is 0. The molecule has 1 aromatic rings. The normalized spacial score (nSPS) is 12.1. The molecule has 0 bridgehead atoms. The first-order chi connectivity index (χ1) is 10.1. The maximum Gasteiger partial charge on any atom is 0.307 e. The standard InChI is InChI=1S/C14H16ClNO5/c1-3-16(5-4-12(17)19-2)14(18)9-6-10(15)13-11(7-9)20-8-21-13/h6-7H,3-5,8H2,1-2H3. The van der Waals surface area contributed by atoms with E-state index in [1.807, 2.05) is 6.92 Å². The Morgan fingerprint density at radius 2 is 2.14 bits per heavy atom. The van der Waals surface area contributed by atoms with Crippen LogP contribution < -0.4 is 9.47 Å². The van der Waals surface area contributed by atoms with Crippen LogP contribution in [-0.2, 0) is 9.53 Å². The average molecular weight is 314 g/mol. The van der Waals surface area contributed by atoms with Gasteiger partial charge >= 0.3 is 5.97 Å². The summed E-state index contributed by atoms with van der Waals surface area (Å²) < 4.78 is 15.0. The van der Waals surface area contributed by atoms with Crippen LogP contribution >= 0.6 is 11.6 Å². The van der Waals surface area contributed by atoms with Crippen molar-refractivity contribution >= 4 is 23.5 Å². The Hall–Kier alpha value is -1.95. The van der Waals surface area contributed by atoms with Crippen LogP contribution in [0.5, 0.6) is 11.5 Å². The van der Waals surface area contributed by atoms with Crippen LogP contribution in [-0.4, -0.2) is 43.8 Å². The molecule has 6 nitrogen and oxygen atoms in total. The van der Waals surface area contributed by atoms with Crippen LogP contribution in [0.15, 0.2) is 12.1 Å². The SMILES string of the molecule is CCN(CCC(=O)OC)C(=O)c1cc(Cl)c2c(c1)OCO2. The van der Waals surface area contributed by atoms with E-state index in [0.29, 0.717) is 28.6 Å². The number of methoxy groups -OCH3 is 1. The molecule has 0 N–H and O–H groups in total. The molecule has 1 aromatic carbocycles. The van der Waals surface area contributed by atoms with Crippen molar-refractivity contribution in [3.63, 3.8) is 0 Å². The van der Waals surface area contributed by atoms with Crippen molar-refractivity contribution < 1.29 is 23.8 Å². The van der Waals surface area contributed by atoms with Gasteiger partial charge < -0.3 is 19.1 Å². The third-order valence-corrected chi connectivity index (χ3v) is 3.44. The molecule has 1 amide bonds. The Morgan fingerprint density at radius 1 is 1.38 bits per heavy atom. The zero-order valence-corrected chi connectivity index (χ0v) is 12.6. The Balaban J connectivity index is 2.14. The van der Waals surface area contributed by atoms with Crippen LogP contribution in [0.1, 0.15) is 23.7 Å². The molecular weight excluding hydrogens is 298 g/mol. The summed E-state index contributed by atoms with van der Waals surface area (Å²) in [7, 11) is 1.32. The number of amides is 1. The van der Waals surface area contributed by atoms with Crippen LogP contribution in [0, 0.1) is 0 Å². The monoisotopic (exact) mass is 313 g/mol. The van der Waals surface area contributed by atoms with Crippen molar-refractivity contribution in [1.82, 2.24) is 4.90 Å². The van der Waals surface area contributed by atoms with Crippen molar-refractivity contribution in [3.05, 3.63) is 22.7 Å².